The van der Waals surface area contributed by atoms with Gasteiger partial charge in [-0.25, -0.2) is 0 Å². The summed E-state index contributed by atoms with van der Waals surface area (Å²) in [5, 5.41) is 6.96. The van der Waals surface area contributed by atoms with Crippen molar-refractivity contribution in [1.82, 2.24) is 15.5 Å². The van der Waals surface area contributed by atoms with Crippen molar-refractivity contribution < 1.29 is 14.3 Å². The lowest BCUT2D eigenvalue weighted by Crippen LogP contribution is -2.40. The lowest BCUT2D eigenvalue weighted by atomic mass is 9.87. The Balaban J connectivity index is 2.31. The fourth-order valence-corrected chi connectivity index (χ4v) is 3.67. The van der Waals surface area contributed by atoms with Gasteiger partial charge in [0.05, 0.1) is 20.1 Å². The first-order chi connectivity index (χ1) is 12.9. The Morgan fingerprint density at radius 2 is 2.00 bits per heavy atom. The highest BCUT2D eigenvalue weighted by molar-refractivity contribution is 7.80. The van der Waals surface area contributed by atoms with Gasteiger partial charge in [0.25, 0.3) is 0 Å². The topological polar surface area (TPSA) is 62.8 Å². The second-order valence-corrected chi connectivity index (χ2v) is 7.59. The maximum absolute atomic E-state index is 12.9. The number of likely N-dealkylation sites (tertiary alicyclic amines) is 1. The Morgan fingerprint density at radius 1 is 1.26 bits per heavy atom. The number of hydrogen-bond acceptors (Lipinski definition) is 4. The number of benzene rings is 1. The van der Waals surface area contributed by atoms with Crippen LogP contribution in [-0.4, -0.2) is 56.3 Å². The van der Waals surface area contributed by atoms with Crippen LogP contribution in [-0.2, 0) is 4.79 Å². The van der Waals surface area contributed by atoms with Crippen LogP contribution in [0.25, 0.3) is 0 Å². The number of nitrogens with zero attached hydrogens (tertiary/aromatic N) is 1. The maximum atomic E-state index is 12.9. The molecule has 0 spiro atoms. The molecule has 1 saturated heterocycles. The Bertz CT molecular complexity index is 666. The van der Waals surface area contributed by atoms with Gasteiger partial charge in [0.1, 0.15) is 11.5 Å². The number of thiocarbonyl (C=S) groups is 1. The van der Waals surface area contributed by atoms with E-state index in [1.165, 1.54) is 0 Å². The zero-order valence-corrected chi connectivity index (χ0v) is 17.7. The molecule has 1 aliphatic rings. The van der Waals surface area contributed by atoms with Crippen molar-refractivity contribution in [3.63, 3.8) is 0 Å². The minimum absolute atomic E-state index is 0.00498. The van der Waals surface area contributed by atoms with E-state index in [0.29, 0.717) is 30.7 Å². The molecule has 0 radical (unpaired) electrons. The van der Waals surface area contributed by atoms with Crippen molar-refractivity contribution in [3.8, 4) is 11.5 Å². The Labute approximate surface area is 167 Å². The average Bonchev–Trinajstić information content (AvgIpc) is 3.11. The maximum Gasteiger partial charge on any atom is 0.225 e. The summed E-state index contributed by atoms with van der Waals surface area (Å²) in [6, 6.07) is 5.76. The van der Waals surface area contributed by atoms with E-state index in [0.717, 1.165) is 23.6 Å². The molecule has 1 heterocycles. The van der Waals surface area contributed by atoms with E-state index < -0.39 is 0 Å². The first kappa shape index (κ1) is 21.3. The van der Waals surface area contributed by atoms with Gasteiger partial charge in [-0.15, -0.1) is 0 Å². The molecule has 2 rings (SSSR count). The van der Waals surface area contributed by atoms with Crippen LogP contribution >= 0.6 is 12.2 Å². The lowest BCUT2D eigenvalue weighted by molar-refractivity contribution is -0.125. The van der Waals surface area contributed by atoms with Gasteiger partial charge in [0.2, 0.25) is 5.91 Å². The SMILES string of the molecule is CCNC(=S)N1CC(C(=O)NCC(C)C)C(c2ccc(OC)cc2OC)C1. The molecule has 1 fully saturated rings. The molecular weight excluding hydrogens is 362 g/mol. The molecule has 0 bridgehead atoms. The molecule has 1 aliphatic heterocycles. The number of methoxy groups -OCH3 is 2. The van der Waals surface area contributed by atoms with E-state index in [9.17, 15) is 4.79 Å². The van der Waals surface area contributed by atoms with Crippen molar-refractivity contribution >= 4 is 23.2 Å². The average molecular weight is 394 g/mol. The van der Waals surface area contributed by atoms with Crippen LogP contribution in [0.15, 0.2) is 18.2 Å². The van der Waals surface area contributed by atoms with E-state index in [2.05, 4.69) is 29.4 Å². The first-order valence-electron chi connectivity index (χ1n) is 9.43. The Morgan fingerprint density at radius 3 is 2.59 bits per heavy atom. The van der Waals surface area contributed by atoms with Gasteiger partial charge in [0.15, 0.2) is 5.11 Å². The van der Waals surface area contributed by atoms with Gasteiger partial charge < -0.3 is 25.0 Å². The summed E-state index contributed by atoms with van der Waals surface area (Å²) in [6.45, 7) is 8.88. The van der Waals surface area contributed by atoms with E-state index in [1.807, 2.05) is 25.1 Å². The molecule has 150 valence electrons. The summed E-state index contributed by atoms with van der Waals surface area (Å²) in [5.74, 6) is 1.74. The van der Waals surface area contributed by atoms with Crippen LogP contribution in [0.4, 0.5) is 0 Å². The van der Waals surface area contributed by atoms with Gasteiger partial charge in [-0.2, -0.15) is 0 Å². The molecule has 27 heavy (non-hydrogen) atoms. The molecule has 0 aromatic heterocycles. The molecule has 2 atom stereocenters. The summed E-state index contributed by atoms with van der Waals surface area (Å²) in [7, 11) is 3.27. The van der Waals surface area contributed by atoms with Crippen molar-refractivity contribution in [2.75, 3.05) is 40.4 Å². The molecule has 2 unspecified atom stereocenters. The van der Waals surface area contributed by atoms with Crippen LogP contribution in [0.5, 0.6) is 11.5 Å². The normalized spacial score (nSPS) is 19.1. The number of hydrogen-bond donors (Lipinski definition) is 2. The van der Waals surface area contributed by atoms with Crippen LogP contribution in [0, 0.1) is 11.8 Å². The predicted octanol–water partition coefficient (Wildman–Crippen LogP) is 2.39. The van der Waals surface area contributed by atoms with Crippen molar-refractivity contribution in [2.24, 2.45) is 11.8 Å². The van der Waals surface area contributed by atoms with Crippen molar-refractivity contribution in [3.05, 3.63) is 23.8 Å². The largest absolute Gasteiger partial charge is 0.497 e. The second kappa shape index (κ2) is 9.78. The smallest absolute Gasteiger partial charge is 0.225 e. The highest BCUT2D eigenvalue weighted by atomic mass is 32.1. The molecule has 1 amide bonds. The second-order valence-electron chi connectivity index (χ2n) is 7.20. The number of nitrogens with one attached hydrogen (secondary N) is 2. The molecule has 2 N–H and O–H groups in total. The van der Waals surface area contributed by atoms with E-state index in [1.54, 1.807) is 14.2 Å². The highest BCUT2D eigenvalue weighted by Gasteiger charge is 2.40. The summed E-state index contributed by atoms with van der Waals surface area (Å²) in [4.78, 5) is 15.0. The molecule has 0 aliphatic carbocycles. The Kier molecular flexibility index (Phi) is 7.71. The van der Waals surface area contributed by atoms with E-state index in [4.69, 9.17) is 21.7 Å². The monoisotopic (exact) mass is 393 g/mol. The number of carbonyl (C=O) groups excluding carboxylic acids is 1. The number of carbonyl (C=O) groups is 1. The lowest BCUT2D eigenvalue weighted by Gasteiger charge is -2.21. The van der Waals surface area contributed by atoms with E-state index >= 15 is 0 Å². The summed E-state index contributed by atoms with van der Waals surface area (Å²) >= 11 is 5.49. The predicted molar refractivity (Wildman–Crippen MR) is 111 cm³/mol. The molecule has 0 saturated carbocycles. The van der Waals surface area contributed by atoms with Crippen molar-refractivity contribution in [1.29, 1.82) is 0 Å². The van der Waals surface area contributed by atoms with Crippen LogP contribution in [0.2, 0.25) is 0 Å². The van der Waals surface area contributed by atoms with Gasteiger partial charge in [0, 0.05) is 43.7 Å². The van der Waals surface area contributed by atoms with Gasteiger partial charge in [-0.05, 0) is 31.1 Å². The third-order valence-corrected chi connectivity index (χ3v) is 5.20. The quantitative estimate of drug-likeness (QED) is 0.694. The molecule has 1 aromatic carbocycles. The van der Waals surface area contributed by atoms with Gasteiger partial charge in [-0.1, -0.05) is 19.9 Å². The van der Waals surface area contributed by atoms with Crippen LogP contribution < -0.4 is 20.1 Å². The molecule has 1 aromatic rings. The molecule has 7 heteroatoms. The minimum Gasteiger partial charge on any atom is -0.497 e. The summed E-state index contributed by atoms with van der Waals surface area (Å²) in [6.07, 6.45) is 0. The summed E-state index contributed by atoms with van der Waals surface area (Å²) in [5.41, 5.74) is 1.00. The number of rotatable bonds is 7. The van der Waals surface area contributed by atoms with Gasteiger partial charge >= 0.3 is 0 Å². The standard InChI is InChI=1S/C20H31N3O3S/c1-6-21-20(27)23-11-16(17(12-23)19(24)22-10-13(2)3)15-8-7-14(25-4)9-18(15)26-5/h7-9,13,16-17H,6,10-12H2,1-5H3,(H,21,27)(H,22,24). The van der Waals surface area contributed by atoms with Gasteiger partial charge in [-0.3, -0.25) is 4.79 Å². The molecular formula is C20H31N3O3S. The zero-order valence-electron chi connectivity index (χ0n) is 16.9. The minimum atomic E-state index is -0.192. The third kappa shape index (κ3) is 5.25. The first-order valence-corrected chi connectivity index (χ1v) is 9.84. The fourth-order valence-electron chi connectivity index (χ4n) is 3.37. The van der Waals surface area contributed by atoms with Crippen LogP contribution in [0.3, 0.4) is 0 Å². The van der Waals surface area contributed by atoms with E-state index in [-0.39, 0.29) is 17.7 Å². The third-order valence-electron chi connectivity index (χ3n) is 4.80. The van der Waals surface area contributed by atoms with Crippen LogP contribution in [0.1, 0.15) is 32.3 Å². The highest BCUT2D eigenvalue weighted by Crippen LogP contribution is 2.39. The number of ether oxygens (including phenoxy) is 2. The number of amides is 1. The Hall–Kier alpha value is -2.02. The zero-order chi connectivity index (χ0) is 20.0. The molecule has 6 nitrogen and oxygen atoms in total. The summed E-state index contributed by atoms with van der Waals surface area (Å²) < 4.78 is 10.9. The fraction of sp³-hybridized carbons (Fsp3) is 0.600. The van der Waals surface area contributed by atoms with Crippen molar-refractivity contribution in [2.45, 2.75) is 26.7 Å².